The third kappa shape index (κ3) is 3.68. The van der Waals surface area contributed by atoms with Crippen LogP contribution in [0.25, 0.3) is 0 Å². The Hall–Kier alpha value is -1.82. The Morgan fingerprint density at radius 3 is 2.77 bits per heavy atom. The summed E-state index contributed by atoms with van der Waals surface area (Å²) in [6.07, 6.45) is -0.423. The molecule has 2 rings (SSSR count). The monoisotopic (exact) mass is 309 g/mol. The molecule has 0 aliphatic carbocycles. The fraction of sp³-hybridized carbons (Fsp3) is 0.562. The van der Waals surface area contributed by atoms with Crippen LogP contribution in [0.15, 0.2) is 12.1 Å². The molecule has 1 fully saturated rings. The number of ether oxygens (including phenoxy) is 1. The van der Waals surface area contributed by atoms with Gasteiger partial charge in [0, 0.05) is 30.9 Å². The van der Waals surface area contributed by atoms with E-state index in [0.29, 0.717) is 30.9 Å². The highest BCUT2D eigenvalue weighted by molar-refractivity contribution is 5.69. The number of halogens is 1. The number of amides is 1. The minimum atomic E-state index is -0.581. The average Bonchev–Trinajstić information content (AvgIpc) is 2.41. The number of piperazine rings is 1. The van der Waals surface area contributed by atoms with Crippen molar-refractivity contribution >= 4 is 11.8 Å². The predicted octanol–water partition coefficient (Wildman–Crippen LogP) is 2.60. The van der Waals surface area contributed by atoms with Crippen molar-refractivity contribution in [3.8, 4) is 0 Å². The first-order chi connectivity index (χ1) is 10.2. The van der Waals surface area contributed by atoms with E-state index < -0.39 is 23.6 Å². The number of aryl methyl sites for hydroxylation is 1. The highest BCUT2D eigenvalue weighted by Gasteiger charge is 2.33. The molecule has 5 nitrogen and oxygen atoms in total. The summed E-state index contributed by atoms with van der Waals surface area (Å²) in [5, 5.41) is 3.19. The SMILES string of the molecule is Cc1cc(C2CNCCN2C(=O)OC(C)(C)C)c(F)cc1N. The van der Waals surface area contributed by atoms with Crippen LogP contribution in [-0.4, -0.2) is 36.2 Å². The lowest BCUT2D eigenvalue weighted by Gasteiger charge is -2.37. The molecule has 1 heterocycles. The maximum absolute atomic E-state index is 14.3. The number of carbonyl (C=O) groups is 1. The van der Waals surface area contributed by atoms with Gasteiger partial charge in [-0.05, 0) is 45.4 Å². The Morgan fingerprint density at radius 2 is 2.14 bits per heavy atom. The lowest BCUT2D eigenvalue weighted by Crippen LogP contribution is -2.50. The van der Waals surface area contributed by atoms with Crippen LogP contribution in [-0.2, 0) is 4.74 Å². The van der Waals surface area contributed by atoms with Gasteiger partial charge in [-0.2, -0.15) is 0 Å². The molecule has 1 aliphatic heterocycles. The second-order valence-electron chi connectivity index (χ2n) is 6.62. The van der Waals surface area contributed by atoms with Crippen LogP contribution in [0.2, 0.25) is 0 Å². The van der Waals surface area contributed by atoms with Crippen LogP contribution in [0, 0.1) is 12.7 Å². The van der Waals surface area contributed by atoms with Gasteiger partial charge >= 0.3 is 6.09 Å². The van der Waals surface area contributed by atoms with E-state index in [4.69, 9.17) is 10.5 Å². The van der Waals surface area contributed by atoms with Crippen LogP contribution in [0.3, 0.4) is 0 Å². The zero-order valence-electron chi connectivity index (χ0n) is 13.6. The molecule has 0 saturated carbocycles. The van der Waals surface area contributed by atoms with E-state index in [1.807, 2.05) is 27.7 Å². The lowest BCUT2D eigenvalue weighted by atomic mass is 10.00. The molecule has 0 aromatic heterocycles. The van der Waals surface area contributed by atoms with Crippen molar-refractivity contribution in [1.29, 1.82) is 0 Å². The number of carbonyl (C=O) groups excluding carboxylic acids is 1. The highest BCUT2D eigenvalue weighted by atomic mass is 19.1. The first kappa shape index (κ1) is 16.5. The Labute approximate surface area is 130 Å². The van der Waals surface area contributed by atoms with Crippen molar-refractivity contribution in [2.75, 3.05) is 25.4 Å². The Balaban J connectivity index is 2.31. The van der Waals surface area contributed by atoms with Gasteiger partial charge in [-0.15, -0.1) is 0 Å². The van der Waals surface area contributed by atoms with E-state index in [-0.39, 0.29) is 0 Å². The Bertz CT molecular complexity index is 569. The molecular weight excluding hydrogens is 285 g/mol. The summed E-state index contributed by atoms with van der Waals surface area (Å²) in [6.45, 7) is 8.89. The lowest BCUT2D eigenvalue weighted by molar-refractivity contribution is 0.0114. The highest BCUT2D eigenvalue weighted by Crippen LogP contribution is 2.29. The van der Waals surface area contributed by atoms with Crippen molar-refractivity contribution in [3.05, 3.63) is 29.1 Å². The van der Waals surface area contributed by atoms with E-state index >= 15 is 0 Å². The van der Waals surface area contributed by atoms with Gasteiger partial charge in [-0.25, -0.2) is 9.18 Å². The van der Waals surface area contributed by atoms with Crippen LogP contribution in [0.5, 0.6) is 0 Å². The number of nitrogens with two attached hydrogens (primary N) is 1. The third-order valence-electron chi connectivity index (χ3n) is 3.62. The van der Waals surface area contributed by atoms with Gasteiger partial charge in [0.2, 0.25) is 0 Å². The van der Waals surface area contributed by atoms with Crippen LogP contribution in [0.1, 0.15) is 37.9 Å². The number of nitrogen functional groups attached to an aromatic ring is 1. The number of benzene rings is 1. The second-order valence-corrected chi connectivity index (χ2v) is 6.62. The van der Waals surface area contributed by atoms with E-state index in [0.717, 1.165) is 5.56 Å². The summed E-state index contributed by atoms with van der Waals surface area (Å²) in [4.78, 5) is 14.0. The van der Waals surface area contributed by atoms with Gasteiger partial charge in [-0.1, -0.05) is 0 Å². The molecular formula is C16H24FN3O2. The first-order valence-electron chi connectivity index (χ1n) is 7.45. The Morgan fingerprint density at radius 1 is 1.45 bits per heavy atom. The van der Waals surface area contributed by atoms with Crippen molar-refractivity contribution in [3.63, 3.8) is 0 Å². The van der Waals surface area contributed by atoms with Gasteiger partial charge in [0.1, 0.15) is 11.4 Å². The van der Waals surface area contributed by atoms with Gasteiger partial charge in [0.25, 0.3) is 0 Å². The van der Waals surface area contributed by atoms with Gasteiger partial charge < -0.3 is 15.8 Å². The minimum Gasteiger partial charge on any atom is -0.444 e. The summed E-state index contributed by atoms with van der Waals surface area (Å²) in [5.74, 6) is -0.398. The molecule has 6 heteroatoms. The van der Waals surface area contributed by atoms with Gasteiger partial charge in [-0.3, -0.25) is 4.90 Å². The normalized spacial score (nSPS) is 19.1. The number of rotatable bonds is 1. The molecule has 1 unspecified atom stereocenters. The fourth-order valence-corrected chi connectivity index (χ4v) is 2.50. The van der Waals surface area contributed by atoms with E-state index in [1.165, 1.54) is 6.07 Å². The van der Waals surface area contributed by atoms with Crippen LogP contribution in [0.4, 0.5) is 14.9 Å². The van der Waals surface area contributed by atoms with Crippen molar-refractivity contribution in [2.45, 2.75) is 39.3 Å². The molecule has 1 aliphatic rings. The van der Waals surface area contributed by atoms with Crippen molar-refractivity contribution < 1.29 is 13.9 Å². The number of nitrogens with one attached hydrogen (secondary N) is 1. The third-order valence-corrected chi connectivity index (χ3v) is 3.62. The van der Waals surface area contributed by atoms with Crippen molar-refractivity contribution in [2.24, 2.45) is 0 Å². The number of anilines is 1. The first-order valence-corrected chi connectivity index (χ1v) is 7.45. The summed E-state index contributed by atoms with van der Waals surface area (Å²) in [5.41, 5.74) is 6.83. The maximum atomic E-state index is 14.3. The smallest absolute Gasteiger partial charge is 0.410 e. The number of nitrogens with zero attached hydrogens (tertiary/aromatic N) is 1. The number of hydrogen-bond acceptors (Lipinski definition) is 4. The molecule has 1 saturated heterocycles. The minimum absolute atomic E-state index is 0.398. The molecule has 1 atom stereocenters. The molecule has 1 aromatic rings. The predicted molar refractivity (Wildman–Crippen MR) is 84.1 cm³/mol. The zero-order valence-corrected chi connectivity index (χ0v) is 13.6. The summed E-state index contributed by atoms with van der Waals surface area (Å²) >= 11 is 0. The molecule has 0 bridgehead atoms. The standard InChI is InChI=1S/C16H24FN3O2/c1-10-7-11(12(17)8-13(10)18)14-9-19-5-6-20(14)15(21)22-16(2,3)4/h7-8,14,19H,5-6,9,18H2,1-4H3. The molecule has 0 radical (unpaired) electrons. The summed E-state index contributed by atoms with van der Waals surface area (Å²) in [7, 11) is 0. The quantitative estimate of drug-likeness (QED) is 0.783. The van der Waals surface area contributed by atoms with Gasteiger partial charge in [0.05, 0.1) is 6.04 Å². The van der Waals surface area contributed by atoms with E-state index in [2.05, 4.69) is 5.32 Å². The van der Waals surface area contributed by atoms with E-state index in [1.54, 1.807) is 11.0 Å². The van der Waals surface area contributed by atoms with Crippen molar-refractivity contribution in [1.82, 2.24) is 10.2 Å². The maximum Gasteiger partial charge on any atom is 0.410 e. The molecule has 1 aromatic carbocycles. The summed E-state index contributed by atoms with van der Waals surface area (Å²) < 4.78 is 19.7. The molecule has 122 valence electrons. The molecule has 22 heavy (non-hydrogen) atoms. The van der Waals surface area contributed by atoms with Crippen LogP contribution < -0.4 is 11.1 Å². The fourth-order valence-electron chi connectivity index (χ4n) is 2.50. The molecule has 1 amide bonds. The molecule has 0 spiro atoms. The second kappa shape index (κ2) is 6.12. The topological polar surface area (TPSA) is 67.6 Å². The number of hydrogen-bond donors (Lipinski definition) is 2. The van der Waals surface area contributed by atoms with E-state index in [9.17, 15) is 9.18 Å². The van der Waals surface area contributed by atoms with Crippen LogP contribution >= 0.6 is 0 Å². The zero-order chi connectivity index (χ0) is 16.5. The van der Waals surface area contributed by atoms with Gasteiger partial charge in [0.15, 0.2) is 0 Å². The average molecular weight is 309 g/mol. The molecule has 3 N–H and O–H groups in total. The summed E-state index contributed by atoms with van der Waals surface area (Å²) in [6, 6.07) is 2.62. The Kier molecular flexibility index (Phi) is 4.60. The largest absolute Gasteiger partial charge is 0.444 e.